The number of aliphatic hydroxyl groups excluding tert-OH is 1. The van der Waals surface area contributed by atoms with Gasteiger partial charge in [-0.25, -0.2) is 8.42 Å². The molecule has 0 unspecified atom stereocenters. The lowest BCUT2D eigenvalue weighted by molar-refractivity contribution is -0.134. The monoisotopic (exact) mass is 707 g/mol. The van der Waals surface area contributed by atoms with Gasteiger partial charge >= 0.3 is 0 Å². The predicted octanol–water partition coefficient (Wildman–Crippen LogP) is 4.57. The zero-order chi connectivity index (χ0) is 36.4. The SMILES string of the molecule is Cc1ccc(S(=O)(=O)N(C)C[C@@H]2Oc3ccc(NC(=O)CCCCCC(=O)Nc4ccccc4N)cc3CC(=O)N([C@H](C)CO)C[C@@H]2C)cc1. The maximum atomic E-state index is 13.6. The normalized spacial score (nSPS) is 17.2. The third-order valence-electron chi connectivity index (χ3n) is 8.91. The molecule has 50 heavy (non-hydrogen) atoms. The van der Waals surface area contributed by atoms with Crippen LogP contribution in [-0.2, 0) is 30.8 Å². The van der Waals surface area contributed by atoms with E-state index in [0.717, 1.165) is 5.56 Å². The van der Waals surface area contributed by atoms with Crippen molar-refractivity contribution < 1.29 is 32.6 Å². The molecule has 1 aliphatic rings. The summed E-state index contributed by atoms with van der Waals surface area (Å²) in [5.74, 6) is -0.428. The van der Waals surface area contributed by atoms with Crippen LogP contribution in [0.2, 0.25) is 0 Å². The Kier molecular flexibility index (Phi) is 13.4. The van der Waals surface area contributed by atoms with E-state index in [0.29, 0.717) is 54.1 Å². The van der Waals surface area contributed by atoms with E-state index in [2.05, 4.69) is 10.6 Å². The average molecular weight is 708 g/mol. The fraction of sp³-hybridized carbons (Fsp3) is 0.432. The molecule has 0 aromatic heterocycles. The number of sulfonamides is 1. The lowest BCUT2D eigenvalue weighted by atomic mass is 10.0. The van der Waals surface area contributed by atoms with Crippen molar-refractivity contribution in [2.45, 2.75) is 76.3 Å². The van der Waals surface area contributed by atoms with Crippen LogP contribution in [0.5, 0.6) is 5.75 Å². The van der Waals surface area contributed by atoms with Gasteiger partial charge in [-0.2, -0.15) is 4.31 Å². The van der Waals surface area contributed by atoms with E-state index in [9.17, 15) is 27.9 Å². The summed E-state index contributed by atoms with van der Waals surface area (Å²) in [6, 6.07) is 18.3. The summed E-state index contributed by atoms with van der Waals surface area (Å²) in [6.07, 6.45) is 1.79. The summed E-state index contributed by atoms with van der Waals surface area (Å²) in [5.41, 5.74) is 8.94. The van der Waals surface area contributed by atoms with Gasteiger partial charge in [0, 0.05) is 43.6 Å². The van der Waals surface area contributed by atoms with Crippen LogP contribution in [0.25, 0.3) is 0 Å². The molecular weight excluding hydrogens is 659 g/mol. The zero-order valence-corrected chi connectivity index (χ0v) is 30.0. The van der Waals surface area contributed by atoms with Gasteiger partial charge in [-0.05, 0) is 69.2 Å². The Bertz CT molecular complexity index is 1750. The number of para-hydroxylation sites is 2. The van der Waals surface area contributed by atoms with Gasteiger partial charge in [0.2, 0.25) is 27.7 Å². The second-order valence-corrected chi connectivity index (χ2v) is 15.1. The van der Waals surface area contributed by atoms with Crippen molar-refractivity contribution in [3.05, 3.63) is 77.9 Å². The number of likely N-dealkylation sites (N-methyl/N-ethyl adjacent to an activating group) is 1. The number of anilines is 3. The lowest BCUT2D eigenvalue weighted by Crippen LogP contribution is -2.48. The van der Waals surface area contributed by atoms with Gasteiger partial charge in [-0.1, -0.05) is 43.2 Å². The Morgan fingerprint density at radius 2 is 1.68 bits per heavy atom. The van der Waals surface area contributed by atoms with Gasteiger partial charge in [-0.15, -0.1) is 0 Å². The highest BCUT2D eigenvalue weighted by atomic mass is 32.2. The number of fused-ring (bicyclic) bond motifs is 1. The number of hydrogen-bond donors (Lipinski definition) is 4. The molecule has 0 radical (unpaired) electrons. The van der Waals surface area contributed by atoms with E-state index >= 15 is 0 Å². The van der Waals surface area contributed by atoms with Crippen molar-refractivity contribution >= 4 is 44.8 Å². The minimum absolute atomic E-state index is 0.0206. The first-order chi connectivity index (χ1) is 23.8. The number of amides is 3. The molecule has 5 N–H and O–H groups in total. The number of nitrogens with one attached hydrogen (secondary N) is 2. The Balaban J connectivity index is 1.41. The molecule has 1 heterocycles. The van der Waals surface area contributed by atoms with Crippen LogP contribution in [0.3, 0.4) is 0 Å². The van der Waals surface area contributed by atoms with Crippen LogP contribution in [0, 0.1) is 12.8 Å². The topological polar surface area (TPSA) is 171 Å². The molecule has 12 nitrogen and oxygen atoms in total. The molecule has 3 aromatic carbocycles. The van der Waals surface area contributed by atoms with Crippen molar-refractivity contribution in [1.29, 1.82) is 0 Å². The van der Waals surface area contributed by atoms with Crippen LogP contribution >= 0.6 is 0 Å². The van der Waals surface area contributed by atoms with E-state index in [-0.39, 0.29) is 61.1 Å². The number of unbranched alkanes of at least 4 members (excludes halogenated alkanes) is 2. The number of nitrogens with two attached hydrogens (primary N) is 1. The van der Waals surface area contributed by atoms with Gasteiger partial charge < -0.3 is 31.1 Å². The quantitative estimate of drug-likeness (QED) is 0.139. The minimum Gasteiger partial charge on any atom is -0.488 e. The van der Waals surface area contributed by atoms with Gasteiger partial charge in [0.15, 0.2) is 0 Å². The Labute approximate surface area is 295 Å². The van der Waals surface area contributed by atoms with Crippen LogP contribution in [0.1, 0.15) is 57.1 Å². The zero-order valence-electron chi connectivity index (χ0n) is 29.2. The maximum Gasteiger partial charge on any atom is 0.242 e. The number of hydrogen-bond acceptors (Lipinski definition) is 8. The number of aliphatic hydroxyl groups is 1. The molecule has 0 fully saturated rings. The highest BCUT2D eigenvalue weighted by molar-refractivity contribution is 7.89. The summed E-state index contributed by atoms with van der Waals surface area (Å²) in [6.45, 7) is 5.58. The van der Waals surface area contributed by atoms with Gasteiger partial charge in [0.1, 0.15) is 11.9 Å². The molecule has 270 valence electrons. The molecule has 1 aliphatic heterocycles. The second kappa shape index (κ2) is 17.5. The summed E-state index contributed by atoms with van der Waals surface area (Å²) in [4.78, 5) is 40.4. The van der Waals surface area contributed by atoms with Crippen molar-refractivity contribution in [1.82, 2.24) is 9.21 Å². The van der Waals surface area contributed by atoms with E-state index in [1.165, 1.54) is 11.4 Å². The fourth-order valence-corrected chi connectivity index (χ4v) is 6.94. The van der Waals surface area contributed by atoms with Crippen LogP contribution in [0.15, 0.2) is 71.6 Å². The molecule has 0 bridgehead atoms. The number of rotatable bonds is 14. The van der Waals surface area contributed by atoms with Crippen LogP contribution < -0.4 is 21.1 Å². The molecule has 0 saturated carbocycles. The molecular formula is C37H49N5O7S. The first-order valence-corrected chi connectivity index (χ1v) is 18.4. The minimum atomic E-state index is -3.82. The standard InChI is InChI=1S/C37H49N5O7S/c1-25-14-17-30(18-15-25)50(47,48)41(4)23-34-26(2)22-42(27(3)24-43)37(46)21-28-20-29(16-19-33(28)49-34)39-35(44)12-6-5-7-13-36(45)40-32-11-9-8-10-31(32)38/h8-11,14-20,26-27,34,43H,5-7,12-13,21-24,38H2,1-4H3,(H,39,44)(H,40,45)/t26-,27+,34-/m0/s1. The smallest absolute Gasteiger partial charge is 0.242 e. The number of aryl methyl sites for hydroxylation is 1. The second-order valence-electron chi connectivity index (χ2n) is 13.1. The number of nitrogens with zero attached hydrogens (tertiary/aromatic N) is 2. The number of carbonyl (C=O) groups excluding carboxylic acids is 3. The average Bonchev–Trinajstić information content (AvgIpc) is 3.12. The third kappa shape index (κ3) is 10.3. The first kappa shape index (κ1) is 38.3. The Morgan fingerprint density at radius 3 is 2.34 bits per heavy atom. The molecule has 3 aromatic rings. The van der Waals surface area contributed by atoms with Crippen molar-refractivity contribution in [3.8, 4) is 5.75 Å². The largest absolute Gasteiger partial charge is 0.488 e. The first-order valence-electron chi connectivity index (χ1n) is 17.0. The van der Waals surface area contributed by atoms with Crippen molar-refractivity contribution in [2.75, 3.05) is 43.1 Å². The van der Waals surface area contributed by atoms with E-state index in [1.54, 1.807) is 78.6 Å². The summed E-state index contributed by atoms with van der Waals surface area (Å²) >= 11 is 0. The third-order valence-corrected chi connectivity index (χ3v) is 10.7. The number of benzene rings is 3. The number of carbonyl (C=O) groups is 3. The highest BCUT2D eigenvalue weighted by Gasteiger charge is 2.33. The van der Waals surface area contributed by atoms with E-state index < -0.39 is 22.2 Å². The molecule has 0 aliphatic carbocycles. The van der Waals surface area contributed by atoms with E-state index in [1.807, 2.05) is 13.8 Å². The molecule has 0 spiro atoms. The van der Waals surface area contributed by atoms with Crippen LogP contribution in [0.4, 0.5) is 17.1 Å². The number of nitrogen functional groups attached to an aromatic ring is 1. The number of ether oxygens (including phenoxy) is 1. The predicted molar refractivity (Wildman–Crippen MR) is 194 cm³/mol. The van der Waals surface area contributed by atoms with Gasteiger partial charge in [0.05, 0.1) is 41.9 Å². The fourth-order valence-electron chi connectivity index (χ4n) is 5.76. The van der Waals surface area contributed by atoms with Gasteiger partial charge in [0.25, 0.3) is 0 Å². The molecule has 13 heteroatoms. The Morgan fingerprint density at radius 1 is 1.02 bits per heavy atom. The summed E-state index contributed by atoms with van der Waals surface area (Å²) in [5, 5.41) is 15.6. The molecule has 3 amide bonds. The van der Waals surface area contributed by atoms with Crippen molar-refractivity contribution in [3.63, 3.8) is 0 Å². The maximum absolute atomic E-state index is 13.6. The van der Waals surface area contributed by atoms with Crippen molar-refractivity contribution in [2.24, 2.45) is 5.92 Å². The lowest BCUT2D eigenvalue weighted by Gasteiger charge is -2.33. The molecule has 3 atom stereocenters. The Hall–Kier alpha value is -4.46. The summed E-state index contributed by atoms with van der Waals surface area (Å²) < 4.78 is 34.6. The molecule has 0 saturated heterocycles. The highest BCUT2D eigenvalue weighted by Crippen LogP contribution is 2.30. The van der Waals surface area contributed by atoms with Crippen LogP contribution in [-0.4, -0.2) is 79.3 Å². The van der Waals surface area contributed by atoms with E-state index in [4.69, 9.17) is 10.5 Å². The van der Waals surface area contributed by atoms with Gasteiger partial charge in [-0.3, -0.25) is 14.4 Å². The molecule has 4 rings (SSSR count). The summed E-state index contributed by atoms with van der Waals surface area (Å²) in [7, 11) is -2.31.